The number of rotatable bonds is 6. The molecule has 0 bridgehead atoms. The van der Waals surface area contributed by atoms with Gasteiger partial charge < -0.3 is 10.2 Å². The van der Waals surface area contributed by atoms with Crippen LogP contribution in [0, 0.1) is 13.8 Å². The molecule has 0 aliphatic carbocycles. The molecule has 246 valence electrons. The number of anilines is 1. The molecule has 3 aromatic carbocycles. The summed E-state index contributed by atoms with van der Waals surface area (Å²) < 4.78 is 80.9. The van der Waals surface area contributed by atoms with E-state index in [4.69, 9.17) is 0 Å². The van der Waals surface area contributed by atoms with Crippen molar-refractivity contribution >= 4 is 17.5 Å². The van der Waals surface area contributed by atoms with Crippen LogP contribution >= 0.6 is 0 Å². The van der Waals surface area contributed by atoms with Gasteiger partial charge in [-0.1, -0.05) is 48.5 Å². The maximum Gasteiger partial charge on any atom is 0.416 e. The van der Waals surface area contributed by atoms with Crippen LogP contribution in [-0.2, 0) is 17.1 Å². The average Bonchev–Trinajstić information content (AvgIpc) is 3.02. The molecular weight excluding hydrogens is 610 g/mol. The molecule has 0 aromatic heterocycles. The highest BCUT2D eigenvalue weighted by Gasteiger charge is 2.40. The number of alkyl halides is 6. The molecule has 2 heterocycles. The number of aryl methyl sites for hydroxylation is 2. The van der Waals surface area contributed by atoms with Crippen molar-refractivity contribution in [3.8, 4) is 0 Å². The van der Waals surface area contributed by atoms with Crippen molar-refractivity contribution in [1.82, 2.24) is 14.7 Å². The van der Waals surface area contributed by atoms with Crippen molar-refractivity contribution in [2.24, 2.45) is 0 Å². The highest BCUT2D eigenvalue weighted by molar-refractivity contribution is 5.95. The Balaban J connectivity index is 1.28. The van der Waals surface area contributed by atoms with Crippen LogP contribution in [0.15, 0.2) is 66.7 Å². The maximum atomic E-state index is 13.5. The van der Waals surface area contributed by atoms with Crippen molar-refractivity contribution in [1.29, 1.82) is 0 Å². The Bertz CT molecular complexity index is 1500. The van der Waals surface area contributed by atoms with E-state index in [2.05, 4.69) is 15.1 Å². The number of carbonyl (C=O) groups excluding carboxylic acids is 2. The third kappa shape index (κ3) is 7.72. The smallest absolute Gasteiger partial charge is 0.338 e. The van der Waals surface area contributed by atoms with E-state index in [1.807, 2.05) is 62.4 Å². The fourth-order valence-electron chi connectivity index (χ4n) is 6.50. The highest BCUT2D eigenvalue weighted by atomic mass is 19.4. The van der Waals surface area contributed by atoms with Gasteiger partial charge in [0.1, 0.15) is 0 Å². The van der Waals surface area contributed by atoms with Gasteiger partial charge in [0.2, 0.25) is 5.91 Å². The number of likely N-dealkylation sites (tertiary alicyclic amines) is 1. The molecule has 6 nitrogen and oxygen atoms in total. The lowest BCUT2D eigenvalue weighted by Crippen LogP contribution is -2.57. The van der Waals surface area contributed by atoms with Crippen molar-refractivity contribution in [3.05, 3.63) is 100 Å². The molecule has 5 rings (SSSR count). The van der Waals surface area contributed by atoms with E-state index >= 15 is 0 Å². The average molecular weight is 647 g/mol. The zero-order valence-electron chi connectivity index (χ0n) is 25.6. The van der Waals surface area contributed by atoms with Gasteiger partial charge in [-0.3, -0.25) is 19.4 Å². The van der Waals surface area contributed by atoms with Gasteiger partial charge in [-0.15, -0.1) is 0 Å². The van der Waals surface area contributed by atoms with Crippen LogP contribution in [0.2, 0.25) is 0 Å². The number of nitrogens with zero attached hydrogens (tertiary/aromatic N) is 3. The van der Waals surface area contributed by atoms with Crippen LogP contribution in [-0.4, -0.2) is 78.4 Å². The molecular formula is C34H36F6N4O2. The van der Waals surface area contributed by atoms with Gasteiger partial charge in [0, 0.05) is 62.5 Å². The maximum absolute atomic E-state index is 13.5. The predicted molar refractivity (Wildman–Crippen MR) is 162 cm³/mol. The molecule has 12 heteroatoms. The van der Waals surface area contributed by atoms with E-state index in [0.29, 0.717) is 44.7 Å². The lowest BCUT2D eigenvalue weighted by atomic mass is 9.84. The standard InChI is InChI=1S/C34H36F6N4O2/c1-22-7-6-8-23(2)31(22)41-30(45)21-42-13-15-43(16-14-42)29-11-12-44(20-28(29)24-9-4-3-5-10-24)32(46)25-17-26(33(35,36)37)19-27(18-25)34(38,39)40/h3-10,17-19,28-29H,11-16,20-21H2,1-2H3,(H,41,45). The number of amides is 2. The summed E-state index contributed by atoms with van der Waals surface area (Å²) in [6.45, 7) is 7.09. The molecule has 0 saturated carbocycles. The molecule has 2 fully saturated rings. The van der Waals surface area contributed by atoms with Crippen LogP contribution in [0.5, 0.6) is 0 Å². The number of nitrogens with one attached hydrogen (secondary N) is 1. The van der Waals surface area contributed by atoms with E-state index in [0.717, 1.165) is 22.4 Å². The minimum absolute atomic E-state index is 0.00992. The molecule has 2 aliphatic heterocycles. The lowest BCUT2D eigenvalue weighted by Gasteiger charge is -2.47. The Labute approximate surface area is 264 Å². The number of piperidine rings is 1. The van der Waals surface area contributed by atoms with Crippen LogP contribution in [0.25, 0.3) is 0 Å². The second-order valence-corrected chi connectivity index (χ2v) is 12.0. The summed E-state index contributed by atoms with van der Waals surface area (Å²) in [5.74, 6) is -1.18. The highest BCUT2D eigenvalue weighted by Crippen LogP contribution is 2.38. The first-order chi connectivity index (χ1) is 21.7. The van der Waals surface area contributed by atoms with Crippen LogP contribution in [0.1, 0.15) is 50.5 Å². The molecule has 0 radical (unpaired) electrons. The SMILES string of the molecule is Cc1cccc(C)c1NC(=O)CN1CCN(C2CCN(C(=O)c3cc(C(F)(F)F)cc(C(F)(F)F)c3)CC2c2ccccc2)CC1. The van der Waals surface area contributed by atoms with Crippen LogP contribution in [0.3, 0.4) is 0 Å². The van der Waals surface area contributed by atoms with Gasteiger partial charge in [0.25, 0.3) is 5.91 Å². The monoisotopic (exact) mass is 646 g/mol. The first kappa shape index (κ1) is 33.5. The van der Waals surface area contributed by atoms with E-state index in [9.17, 15) is 35.9 Å². The van der Waals surface area contributed by atoms with E-state index < -0.39 is 35.0 Å². The fraction of sp³-hybridized carbons (Fsp3) is 0.412. The second kappa shape index (κ2) is 13.4. The van der Waals surface area contributed by atoms with Gasteiger partial charge in [-0.25, -0.2) is 0 Å². The number of carbonyl (C=O) groups is 2. The van der Waals surface area contributed by atoms with Crippen molar-refractivity contribution < 1.29 is 35.9 Å². The predicted octanol–water partition coefficient (Wildman–Crippen LogP) is 6.60. The summed E-state index contributed by atoms with van der Waals surface area (Å²) in [6.07, 6.45) is -9.60. The minimum Gasteiger partial charge on any atom is -0.338 e. The summed E-state index contributed by atoms with van der Waals surface area (Å²) in [4.78, 5) is 32.1. The van der Waals surface area contributed by atoms with Crippen molar-refractivity contribution in [3.63, 3.8) is 0 Å². The van der Waals surface area contributed by atoms with Crippen molar-refractivity contribution in [2.75, 3.05) is 51.1 Å². The molecule has 2 unspecified atom stereocenters. The van der Waals surface area contributed by atoms with Gasteiger partial charge >= 0.3 is 12.4 Å². The quantitative estimate of drug-likeness (QED) is 0.307. The van der Waals surface area contributed by atoms with Crippen molar-refractivity contribution in [2.45, 2.75) is 44.6 Å². The molecule has 1 N–H and O–H groups in total. The number of halogens is 6. The number of para-hydroxylation sites is 1. The largest absolute Gasteiger partial charge is 0.416 e. The third-order valence-corrected chi connectivity index (χ3v) is 8.91. The lowest BCUT2D eigenvalue weighted by molar-refractivity contribution is -0.143. The number of piperazine rings is 1. The molecule has 0 spiro atoms. The van der Waals surface area contributed by atoms with Gasteiger partial charge in [-0.2, -0.15) is 26.3 Å². The Morgan fingerprint density at radius 1 is 0.783 bits per heavy atom. The third-order valence-electron chi connectivity index (χ3n) is 8.91. The van der Waals surface area contributed by atoms with Crippen LogP contribution in [0.4, 0.5) is 32.0 Å². The molecule has 46 heavy (non-hydrogen) atoms. The molecule has 2 atom stereocenters. The summed E-state index contributed by atoms with van der Waals surface area (Å²) in [5.41, 5.74) is 0.0626. The summed E-state index contributed by atoms with van der Waals surface area (Å²) in [7, 11) is 0. The topological polar surface area (TPSA) is 55.9 Å². The zero-order valence-corrected chi connectivity index (χ0v) is 25.6. The van der Waals surface area contributed by atoms with Crippen LogP contribution < -0.4 is 5.32 Å². The Kier molecular flexibility index (Phi) is 9.78. The van der Waals surface area contributed by atoms with Gasteiger partial charge in [-0.05, 0) is 55.2 Å². The molecule has 3 aromatic rings. The second-order valence-electron chi connectivity index (χ2n) is 12.0. The Hall–Kier alpha value is -3.90. The molecule has 2 aliphatic rings. The summed E-state index contributed by atoms with van der Waals surface area (Å²) in [5, 5.41) is 3.02. The zero-order chi connectivity index (χ0) is 33.2. The first-order valence-corrected chi connectivity index (χ1v) is 15.2. The van der Waals surface area contributed by atoms with E-state index in [1.54, 1.807) is 0 Å². The van der Waals surface area contributed by atoms with E-state index in [-0.39, 0.29) is 43.6 Å². The number of hydrogen-bond acceptors (Lipinski definition) is 4. The summed E-state index contributed by atoms with van der Waals surface area (Å²) >= 11 is 0. The number of hydrogen-bond donors (Lipinski definition) is 1. The Morgan fingerprint density at radius 2 is 1.37 bits per heavy atom. The van der Waals surface area contributed by atoms with E-state index in [1.165, 1.54) is 4.90 Å². The molecule has 2 saturated heterocycles. The van der Waals surface area contributed by atoms with Gasteiger partial charge in [0.05, 0.1) is 17.7 Å². The molecule has 2 amide bonds. The van der Waals surface area contributed by atoms with Gasteiger partial charge in [0.15, 0.2) is 0 Å². The summed E-state index contributed by atoms with van der Waals surface area (Å²) in [6, 6.07) is 16.3. The minimum atomic E-state index is -5.04. The normalized spacial score (nSPS) is 20.0. The first-order valence-electron chi connectivity index (χ1n) is 15.2. The Morgan fingerprint density at radius 3 is 1.93 bits per heavy atom. The number of benzene rings is 3. The fourth-order valence-corrected chi connectivity index (χ4v) is 6.50.